The molecule has 7 nitrogen and oxygen atoms in total. The van der Waals surface area contributed by atoms with E-state index < -0.39 is 35.5 Å². The van der Waals surface area contributed by atoms with Gasteiger partial charge in [-0.15, -0.1) is 0 Å². The third kappa shape index (κ3) is 3.67. The van der Waals surface area contributed by atoms with Crippen molar-refractivity contribution < 1.29 is 23.9 Å². The van der Waals surface area contributed by atoms with Gasteiger partial charge in [0.1, 0.15) is 17.4 Å². The van der Waals surface area contributed by atoms with Crippen LogP contribution in [0.25, 0.3) is 0 Å². The van der Waals surface area contributed by atoms with Gasteiger partial charge in [0.2, 0.25) is 5.78 Å². The van der Waals surface area contributed by atoms with E-state index in [0.717, 1.165) is 0 Å². The molecule has 1 saturated heterocycles. The van der Waals surface area contributed by atoms with Gasteiger partial charge in [-0.3, -0.25) is 14.5 Å². The molecule has 0 radical (unpaired) electrons. The molecule has 0 unspecified atom stereocenters. The minimum atomic E-state index is -0.751. The summed E-state index contributed by atoms with van der Waals surface area (Å²) in [7, 11) is 1.54. The summed E-state index contributed by atoms with van der Waals surface area (Å²) in [6.07, 6.45) is -0.628. The molecule has 0 aliphatic carbocycles. The Morgan fingerprint density at radius 1 is 1.21 bits per heavy atom. The largest absolute Gasteiger partial charge is 0.497 e. The summed E-state index contributed by atoms with van der Waals surface area (Å²) in [4.78, 5) is 37.1. The Bertz CT molecular complexity index is 648. The summed E-state index contributed by atoms with van der Waals surface area (Å²) in [5.41, 5.74) is -0.0675. The molecule has 1 aromatic carbocycles. The molecule has 1 fully saturated rings. The fourth-order valence-corrected chi connectivity index (χ4v) is 2.47. The molecule has 0 bridgehead atoms. The second-order valence-electron chi connectivity index (χ2n) is 6.62. The number of nitrogens with one attached hydrogen (secondary N) is 1. The van der Waals surface area contributed by atoms with E-state index >= 15 is 0 Å². The monoisotopic (exact) mass is 334 g/mol. The third-order valence-electron chi connectivity index (χ3n) is 3.54. The highest BCUT2D eigenvalue weighted by atomic mass is 16.6. The van der Waals surface area contributed by atoms with Gasteiger partial charge in [-0.2, -0.15) is 0 Å². The second-order valence-corrected chi connectivity index (χ2v) is 6.62. The van der Waals surface area contributed by atoms with Crippen LogP contribution in [0.15, 0.2) is 24.3 Å². The lowest BCUT2D eigenvalue weighted by molar-refractivity contribution is -0.144. The van der Waals surface area contributed by atoms with Crippen molar-refractivity contribution in [2.24, 2.45) is 0 Å². The zero-order chi connectivity index (χ0) is 18.1. The summed E-state index contributed by atoms with van der Waals surface area (Å²) < 4.78 is 10.3. The predicted octanol–water partition coefficient (Wildman–Crippen LogP) is 1.89. The molecule has 1 aliphatic heterocycles. The highest BCUT2D eigenvalue weighted by Gasteiger charge is 2.50. The number of benzene rings is 1. The topological polar surface area (TPSA) is 84.9 Å². The van der Waals surface area contributed by atoms with Crippen LogP contribution >= 0.6 is 0 Å². The number of rotatable bonds is 4. The lowest BCUT2D eigenvalue weighted by Crippen LogP contribution is -2.69. The van der Waals surface area contributed by atoms with Crippen molar-refractivity contribution >= 4 is 23.5 Å². The van der Waals surface area contributed by atoms with E-state index in [-0.39, 0.29) is 0 Å². The molecule has 7 heteroatoms. The van der Waals surface area contributed by atoms with Crippen molar-refractivity contribution in [1.82, 2.24) is 5.32 Å². The van der Waals surface area contributed by atoms with Crippen LogP contribution in [0.3, 0.4) is 0 Å². The van der Waals surface area contributed by atoms with Crippen LogP contribution in [0.4, 0.5) is 10.5 Å². The van der Waals surface area contributed by atoms with Crippen LogP contribution in [0, 0.1) is 0 Å². The standard InChI is InChI=1S/C17H22N2O5/c1-10(18-16(22)24-17(2,3)4)13-14(20)15(21)19(13)11-6-8-12(23-5)9-7-11/h6-10,13H,1-5H3,(H,18,22)/t10-,13+/m0/s1. The Hall–Kier alpha value is -2.57. The van der Waals surface area contributed by atoms with Gasteiger partial charge in [0.05, 0.1) is 13.2 Å². The zero-order valence-electron chi connectivity index (χ0n) is 14.5. The lowest BCUT2D eigenvalue weighted by Gasteiger charge is -2.41. The molecule has 0 spiro atoms. The van der Waals surface area contributed by atoms with Crippen molar-refractivity contribution in [3.8, 4) is 5.75 Å². The molecule has 1 heterocycles. The van der Waals surface area contributed by atoms with Crippen molar-refractivity contribution in [2.75, 3.05) is 12.0 Å². The van der Waals surface area contributed by atoms with Crippen LogP contribution in [-0.2, 0) is 14.3 Å². The number of carbonyl (C=O) groups is 3. The minimum Gasteiger partial charge on any atom is -0.497 e. The van der Waals surface area contributed by atoms with Gasteiger partial charge in [0.25, 0.3) is 5.91 Å². The van der Waals surface area contributed by atoms with Gasteiger partial charge < -0.3 is 14.8 Å². The molecule has 2 rings (SSSR count). The van der Waals surface area contributed by atoms with E-state index in [1.165, 1.54) is 4.90 Å². The van der Waals surface area contributed by atoms with Gasteiger partial charge in [0, 0.05) is 5.69 Å². The van der Waals surface area contributed by atoms with Gasteiger partial charge in [-0.1, -0.05) is 0 Å². The van der Waals surface area contributed by atoms with Crippen LogP contribution < -0.4 is 15.0 Å². The van der Waals surface area contributed by atoms with E-state index in [0.29, 0.717) is 11.4 Å². The number of β-lactam (4-membered cyclic amide) rings is 1. The predicted molar refractivity (Wildman–Crippen MR) is 88.1 cm³/mol. The molecule has 1 N–H and O–H groups in total. The van der Waals surface area contributed by atoms with E-state index in [2.05, 4.69) is 5.32 Å². The summed E-state index contributed by atoms with van der Waals surface area (Å²) in [6.45, 7) is 6.91. The van der Waals surface area contributed by atoms with Crippen molar-refractivity contribution in [3.05, 3.63) is 24.3 Å². The number of alkyl carbamates (subject to hydrolysis) is 1. The smallest absolute Gasteiger partial charge is 0.407 e. The first-order chi connectivity index (χ1) is 11.1. The number of ketones is 1. The number of hydrogen-bond acceptors (Lipinski definition) is 5. The number of amides is 2. The molecule has 2 atom stereocenters. The Morgan fingerprint density at radius 3 is 2.29 bits per heavy atom. The van der Waals surface area contributed by atoms with E-state index in [4.69, 9.17) is 9.47 Å². The number of methoxy groups -OCH3 is 1. The van der Waals surface area contributed by atoms with E-state index in [1.807, 2.05) is 0 Å². The molecular formula is C17H22N2O5. The maximum absolute atomic E-state index is 12.0. The maximum Gasteiger partial charge on any atom is 0.407 e. The average molecular weight is 334 g/mol. The van der Waals surface area contributed by atoms with Gasteiger partial charge in [-0.25, -0.2) is 4.79 Å². The number of Topliss-reactive ketones (excluding diaryl/α,β-unsaturated/α-hetero) is 1. The fourth-order valence-electron chi connectivity index (χ4n) is 2.47. The molecule has 0 aromatic heterocycles. The first-order valence-electron chi connectivity index (χ1n) is 7.65. The van der Waals surface area contributed by atoms with Crippen molar-refractivity contribution in [1.29, 1.82) is 0 Å². The Labute approximate surface area is 140 Å². The zero-order valence-corrected chi connectivity index (χ0v) is 14.5. The molecule has 130 valence electrons. The SMILES string of the molecule is COc1ccc(N2C(=O)C(=O)[C@H]2[C@H](C)NC(=O)OC(C)(C)C)cc1. The summed E-state index contributed by atoms with van der Waals surface area (Å²) in [6, 6.07) is 5.46. The van der Waals surface area contributed by atoms with Crippen molar-refractivity contribution in [2.45, 2.75) is 45.4 Å². The van der Waals surface area contributed by atoms with Crippen LogP contribution in [0.2, 0.25) is 0 Å². The van der Waals surface area contributed by atoms with Crippen LogP contribution in [0.1, 0.15) is 27.7 Å². The Balaban J connectivity index is 2.10. The average Bonchev–Trinajstić information content (AvgIpc) is 2.49. The lowest BCUT2D eigenvalue weighted by atomic mass is 9.92. The highest BCUT2D eigenvalue weighted by Crippen LogP contribution is 2.29. The Kier molecular flexibility index (Phi) is 4.82. The molecule has 1 aromatic rings. The van der Waals surface area contributed by atoms with E-state index in [9.17, 15) is 14.4 Å². The molecule has 0 saturated carbocycles. The number of anilines is 1. The molecule has 2 amide bonds. The van der Waals surface area contributed by atoms with E-state index in [1.54, 1.807) is 59.1 Å². The Morgan fingerprint density at radius 2 is 1.79 bits per heavy atom. The molecule has 24 heavy (non-hydrogen) atoms. The van der Waals surface area contributed by atoms with Gasteiger partial charge >= 0.3 is 6.09 Å². The van der Waals surface area contributed by atoms with Crippen LogP contribution in [-0.4, -0.2) is 42.6 Å². The maximum atomic E-state index is 12.0. The molecule has 1 aliphatic rings. The highest BCUT2D eigenvalue weighted by molar-refractivity contribution is 6.52. The number of carbonyl (C=O) groups excluding carboxylic acids is 3. The van der Waals surface area contributed by atoms with Crippen LogP contribution in [0.5, 0.6) is 5.75 Å². The quantitative estimate of drug-likeness (QED) is 0.671. The first kappa shape index (κ1) is 17.8. The molecular weight excluding hydrogens is 312 g/mol. The van der Waals surface area contributed by atoms with Gasteiger partial charge in [0.15, 0.2) is 0 Å². The number of nitrogens with zero attached hydrogens (tertiary/aromatic N) is 1. The second kappa shape index (κ2) is 6.51. The third-order valence-corrected chi connectivity index (χ3v) is 3.54. The summed E-state index contributed by atoms with van der Waals surface area (Å²) >= 11 is 0. The normalized spacial score (nSPS) is 18.7. The van der Waals surface area contributed by atoms with Gasteiger partial charge in [-0.05, 0) is 52.0 Å². The summed E-state index contributed by atoms with van der Waals surface area (Å²) in [5, 5.41) is 2.61. The number of ether oxygens (including phenoxy) is 2. The first-order valence-corrected chi connectivity index (χ1v) is 7.65. The fraction of sp³-hybridized carbons (Fsp3) is 0.471. The number of hydrogen-bond donors (Lipinski definition) is 1. The minimum absolute atomic E-state index is 0.533. The summed E-state index contributed by atoms with van der Waals surface area (Å²) in [5.74, 6) is -0.480. The van der Waals surface area contributed by atoms with Crippen molar-refractivity contribution in [3.63, 3.8) is 0 Å².